The van der Waals surface area contributed by atoms with E-state index in [1.807, 2.05) is 0 Å². The zero-order valence-electron chi connectivity index (χ0n) is 12.5. The Balaban J connectivity index is 1.73. The van der Waals surface area contributed by atoms with Gasteiger partial charge >= 0.3 is 0 Å². The quantitative estimate of drug-likeness (QED) is 0.578. The third-order valence-corrected chi connectivity index (χ3v) is 5.24. The molecule has 2 aliphatic rings. The molecule has 0 radical (unpaired) electrons. The SMILES string of the molecule is CC1(C)CCC(c2ccc(C3(N=C=O)CC3)cc2)CC1. The molecule has 0 aromatic heterocycles. The first-order valence-electron chi connectivity index (χ1n) is 7.74. The Morgan fingerprint density at radius 1 is 1.05 bits per heavy atom. The van der Waals surface area contributed by atoms with Crippen molar-refractivity contribution in [2.75, 3.05) is 0 Å². The van der Waals surface area contributed by atoms with E-state index in [4.69, 9.17) is 0 Å². The number of aliphatic imine (C=N–C) groups is 1. The van der Waals surface area contributed by atoms with E-state index in [1.165, 1.54) is 36.8 Å². The smallest absolute Gasteiger partial charge is 0.211 e. The van der Waals surface area contributed by atoms with Crippen LogP contribution in [0.1, 0.15) is 69.4 Å². The van der Waals surface area contributed by atoms with Gasteiger partial charge in [0.15, 0.2) is 0 Å². The Kier molecular flexibility index (Phi) is 3.30. The molecule has 1 aromatic rings. The van der Waals surface area contributed by atoms with Crippen molar-refractivity contribution in [2.45, 2.75) is 63.8 Å². The van der Waals surface area contributed by atoms with Crippen molar-refractivity contribution in [1.82, 2.24) is 0 Å². The second kappa shape index (κ2) is 4.86. The average molecular weight is 269 g/mol. The minimum atomic E-state index is -0.227. The zero-order valence-corrected chi connectivity index (χ0v) is 12.5. The normalized spacial score (nSPS) is 23.9. The standard InChI is InChI=1S/C18H23NO/c1-17(2)9-7-15(8-10-17)14-3-5-16(6-4-14)18(11-12-18)19-13-20/h3-6,15H,7-12H2,1-2H3. The molecule has 2 fully saturated rings. The monoisotopic (exact) mass is 269 g/mol. The summed E-state index contributed by atoms with van der Waals surface area (Å²) < 4.78 is 0. The van der Waals surface area contributed by atoms with Crippen LogP contribution in [-0.2, 0) is 10.3 Å². The van der Waals surface area contributed by atoms with E-state index in [1.54, 1.807) is 6.08 Å². The van der Waals surface area contributed by atoms with E-state index in [0.29, 0.717) is 11.3 Å². The first-order chi connectivity index (χ1) is 9.55. The molecule has 2 aliphatic carbocycles. The van der Waals surface area contributed by atoms with E-state index in [9.17, 15) is 4.79 Å². The van der Waals surface area contributed by atoms with Gasteiger partial charge in [-0.25, -0.2) is 4.79 Å². The lowest BCUT2D eigenvalue weighted by Crippen LogP contribution is -2.20. The lowest BCUT2D eigenvalue weighted by Gasteiger charge is -2.34. The van der Waals surface area contributed by atoms with Crippen LogP contribution >= 0.6 is 0 Å². The number of rotatable bonds is 3. The van der Waals surface area contributed by atoms with Crippen molar-refractivity contribution in [2.24, 2.45) is 10.4 Å². The lowest BCUT2D eigenvalue weighted by molar-refractivity contribution is 0.224. The van der Waals surface area contributed by atoms with Crippen LogP contribution in [0.15, 0.2) is 29.3 Å². The van der Waals surface area contributed by atoms with E-state index in [-0.39, 0.29) is 5.54 Å². The largest absolute Gasteiger partial charge is 0.235 e. The Morgan fingerprint density at radius 2 is 1.65 bits per heavy atom. The molecule has 0 N–H and O–H groups in total. The van der Waals surface area contributed by atoms with Gasteiger partial charge in [-0.3, -0.25) is 0 Å². The maximum Gasteiger partial charge on any atom is 0.235 e. The molecule has 2 heteroatoms. The van der Waals surface area contributed by atoms with Crippen molar-refractivity contribution in [3.8, 4) is 0 Å². The number of hydrogen-bond donors (Lipinski definition) is 0. The van der Waals surface area contributed by atoms with Gasteiger partial charge in [0.05, 0.1) is 5.54 Å². The molecule has 0 bridgehead atoms. The van der Waals surface area contributed by atoms with Gasteiger partial charge in [0, 0.05) is 0 Å². The van der Waals surface area contributed by atoms with Crippen molar-refractivity contribution in [1.29, 1.82) is 0 Å². The fraction of sp³-hybridized carbons (Fsp3) is 0.611. The molecular formula is C18H23NO. The van der Waals surface area contributed by atoms with Crippen molar-refractivity contribution < 1.29 is 4.79 Å². The summed E-state index contributed by atoms with van der Waals surface area (Å²) in [5.41, 5.74) is 2.93. The van der Waals surface area contributed by atoms with E-state index >= 15 is 0 Å². The van der Waals surface area contributed by atoms with Gasteiger partial charge in [0.25, 0.3) is 0 Å². The summed E-state index contributed by atoms with van der Waals surface area (Å²) in [5.74, 6) is 0.710. The molecule has 0 amide bonds. The Hall–Kier alpha value is -1.40. The molecule has 20 heavy (non-hydrogen) atoms. The molecular weight excluding hydrogens is 246 g/mol. The minimum Gasteiger partial charge on any atom is -0.211 e. The van der Waals surface area contributed by atoms with Gasteiger partial charge in [0.1, 0.15) is 0 Å². The Morgan fingerprint density at radius 3 is 2.15 bits per heavy atom. The second-order valence-corrected chi connectivity index (χ2v) is 7.30. The van der Waals surface area contributed by atoms with Gasteiger partial charge in [-0.1, -0.05) is 38.1 Å². The third kappa shape index (κ3) is 2.58. The van der Waals surface area contributed by atoms with Gasteiger partial charge in [-0.2, -0.15) is 4.99 Å². The van der Waals surface area contributed by atoms with E-state index in [0.717, 1.165) is 12.8 Å². The van der Waals surface area contributed by atoms with Crippen LogP contribution in [0.4, 0.5) is 0 Å². The first-order valence-corrected chi connectivity index (χ1v) is 7.74. The highest BCUT2D eigenvalue weighted by Gasteiger charge is 2.44. The number of carbonyl (C=O) groups excluding carboxylic acids is 1. The summed E-state index contributed by atoms with van der Waals surface area (Å²) in [6.45, 7) is 4.75. The zero-order chi connectivity index (χ0) is 14.2. The van der Waals surface area contributed by atoms with Gasteiger partial charge in [0.2, 0.25) is 6.08 Å². The molecule has 0 heterocycles. The molecule has 0 unspecified atom stereocenters. The number of nitrogens with zero attached hydrogens (tertiary/aromatic N) is 1. The van der Waals surface area contributed by atoms with Crippen LogP contribution in [0.25, 0.3) is 0 Å². The van der Waals surface area contributed by atoms with Crippen molar-refractivity contribution >= 4 is 6.08 Å². The van der Waals surface area contributed by atoms with E-state index < -0.39 is 0 Å². The lowest BCUT2D eigenvalue weighted by atomic mass is 9.71. The highest BCUT2D eigenvalue weighted by atomic mass is 16.1. The molecule has 0 spiro atoms. The van der Waals surface area contributed by atoms with E-state index in [2.05, 4.69) is 43.1 Å². The number of isocyanates is 1. The van der Waals surface area contributed by atoms with Gasteiger partial charge < -0.3 is 0 Å². The number of benzene rings is 1. The van der Waals surface area contributed by atoms with Crippen LogP contribution in [0.5, 0.6) is 0 Å². The van der Waals surface area contributed by atoms with Crippen LogP contribution in [0, 0.1) is 5.41 Å². The molecule has 1 aromatic carbocycles. The van der Waals surface area contributed by atoms with Crippen LogP contribution in [0.3, 0.4) is 0 Å². The summed E-state index contributed by atoms with van der Waals surface area (Å²) in [5, 5.41) is 0. The van der Waals surface area contributed by atoms with Crippen molar-refractivity contribution in [3.05, 3.63) is 35.4 Å². The fourth-order valence-electron chi connectivity index (χ4n) is 3.47. The average Bonchev–Trinajstić information content (AvgIpc) is 3.20. The second-order valence-electron chi connectivity index (χ2n) is 7.30. The third-order valence-electron chi connectivity index (χ3n) is 5.24. The Bertz CT molecular complexity index is 523. The Labute approximate surface area is 121 Å². The molecule has 2 saturated carbocycles. The summed E-state index contributed by atoms with van der Waals surface area (Å²) >= 11 is 0. The summed E-state index contributed by atoms with van der Waals surface area (Å²) in [4.78, 5) is 14.5. The molecule has 0 aliphatic heterocycles. The van der Waals surface area contributed by atoms with Gasteiger partial charge in [-0.15, -0.1) is 0 Å². The highest BCUT2D eigenvalue weighted by Crippen LogP contribution is 2.49. The predicted octanol–water partition coefficient (Wildman–Crippen LogP) is 4.70. The molecule has 0 saturated heterocycles. The molecule has 3 rings (SSSR count). The fourth-order valence-corrected chi connectivity index (χ4v) is 3.47. The van der Waals surface area contributed by atoms with Gasteiger partial charge in [-0.05, 0) is 61.0 Å². The molecule has 106 valence electrons. The van der Waals surface area contributed by atoms with Crippen LogP contribution in [-0.4, -0.2) is 6.08 Å². The maximum absolute atomic E-state index is 10.5. The summed E-state index contributed by atoms with van der Waals surface area (Å²) in [6.07, 6.45) is 8.93. The minimum absolute atomic E-state index is 0.227. The molecule has 0 atom stereocenters. The summed E-state index contributed by atoms with van der Waals surface area (Å²) in [6, 6.07) is 8.84. The highest BCUT2D eigenvalue weighted by molar-refractivity contribution is 5.42. The topological polar surface area (TPSA) is 29.4 Å². The molecule has 2 nitrogen and oxygen atoms in total. The first kappa shape index (κ1) is 13.6. The van der Waals surface area contributed by atoms with Crippen LogP contribution in [0.2, 0.25) is 0 Å². The summed E-state index contributed by atoms with van der Waals surface area (Å²) in [7, 11) is 0. The number of hydrogen-bond acceptors (Lipinski definition) is 2. The maximum atomic E-state index is 10.5. The van der Waals surface area contributed by atoms with Crippen molar-refractivity contribution in [3.63, 3.8) is 0 Å². The predicted molar refractivity (Wildman–Crippen MR) is 80.5 cm³/mol. The van der Waals surface area contributed by atoms with Crippen LogP contribution < -0.4 is 0 Å².